The summed E-state index contributed by atoms with van der Waals surface area (Å²) < 4.78 is 0. The average molecular weight is 386 g/mol. The van der Waals surface area contributed by atoms with Crippen LogP contribution < -0.4 is 5.32 Å². The number of carbonyl (C=O) groups is 1. The summed E-state index contributed by atoms with van der Waals surface area (Å²) in [5.41, 5.74) is 3.63. The fourth-order valence-electron chi connectivity index (χ4n) is 3.86. The Morgan fingerprint density at radius 2 is 1.38 bits per heavy atom. The molecule has 1 N–H and O–H groups in total. The Morgan fingerprint density at radius 1 is 0.828 bits per heavy atom. The predicted octanol–water partition coefficient (Wildman–Crippen LogP) is 3.70. The number of hydrogen-bond donors (Lipinski definition) is 1. The summed E-state index contributed by atoms with van der Waals surface area (Å²) in [6.07, 6.45) is 3.49. The number of nitrogens with zero attached hydrogens (tertiary/aromatic N) is 3. The Morgan fingerprint density at radius 3 is 1.93 bits per heavy atom. The van der Waals surface area contributed by atoms with Crippen LogP contribution in [0.4, 0.5) is 4.79 Å². The lowest BCUT2D eigenvalue weighted by atomic mass is 9.96. The number of benzene rings is 2. The second-order valence-electron chi connectivity index (χ2n) is 7.26. The molecule has 0 bridgehead atoms. The van der Waals surface area contributed by atoms with Gasteiger partial charge in [-0.3, -0.25) is 9.88 Å². The van der Waals surface area contributed by atoms with E-state index in [0.717, 1.165) is 31.7 Å². The molecule has 0 unspecified atom stereocenters. The zero-order valence-electron chi connectivity index (χ0n) is 16.4. The Balaban J connectivity index is 1.40. The van der Waals surface area contributed by atoms with Crippen molar-refractivity contribution in [1.29, 1.82) is 0 Å². The highest BCUT2D eigenvalue weighted by atomic mass is 16.2. The first-order valence-corrected chi connectivity index (χ1v) is 10.1. The largest absolute Gasteiger partial charge is 0.334 e. The normalized spacial score (nSPS) is 14.7. The summed E-state index contributed by atoms with van der Waals surface area (Å²) in [7, 11) is 0. The first-order chi connectivity index (χ1) is 14.3. The van der Waals surface area contributed by atoms with Crippen LogP contribution in [-0.4, -0.2) is 47.0 Å². The van der Waals surface area contributed by atoms with Crippen molar-refractivity contribution in [2.24, 2.45) is 0 Å². The van der Waals surface area contributed by atoms with Crippen molar-refractivity contribution in [2.45, 2.75) is 12.6 Å². The van der Waals surface area contributed by atoms with E-state index in [4.69, 9.17) is 0 Å². The topological polar surface area (TPSA) is 48.5 Å². The van der Waals surface area contributed by atoms with Gasteiger partial charge in [0.05, 0.1) is 6.04 Å². The van der Waals surface area contributed by atoms with E-state index in [1.807, 2.05) is 17.0 Å². The maximum Gasteiger partial charge on any atom is 0.317 e. The fourth-order valence-corrected chi connectivity index (χ4v) is 3.86. The van der Waals surface area contributed by atoms with Crippen molar-refractivity contribution in [1.82, 2.24) is 20.1 Å². The number of nitrogens with one attached hydrogen (secondary N) is 1. The van der Waals surface area contributed by atoms with E-state index in [0.29, 0.717) is 6.54 Å². The summed E-state index contributed by atoms with van der Waals surface area (Å²) in [6.45, 7) is 3.66. The molecule has 0 atom stereocenters. The maximum atomic E-state index is 12.6. The Kier molecular flexibility index (Phi) is 6.17. The van der Waals surface area contributed by atoms with Crippen LogP contribution in [0.1, 0.15) is 22.7 Å². The van der Waals surface area contributed by atoms with Gasteiger partial charge in [0.25, 0.3) is 0 Å². The summed E-state index contributed by atoms with van der Waals surface area (Å²) in [4.78, 5) is 21.0. The third kappa shape index (κ3) is 4.81. The number of carbonyl (C=O) groups excluding carboxylic acids is 1. The summed E-state index contributed by atoms with van der Waals surface area (Å²) in [5, 5.41) is 3.02. The van der Waals surface area contributed by atoms with Crippen LogP contribution >= 0.6 is 0 Å². The highest BCUT2D eigenvalue weighted by Gasteiger charge is 2.27. The lowest BCUT2D eigenvalue weighted by molar-refractivity contribution is 0.120. The number of urea groups is 1. The molecular formula is C24H26N4O. The zero-order valence-corrected chi connectivity index (χ0v) is 16.4. The van der Waals surface area contributed by atoms with Crippen LogP contribution in [0.3, 0.4) is 0 Å². The zero-order chi connectivity index (χ0) is 19.9. The smallest absolute Gasteiger partial charge is 0.317 e. The van der Waals surface area contributed by atoms with Crippen LogP contribution in [0.15, 0.2) is 85.2 Å². The molecule has 2 heterocycles. The van der Waals surface area contributed by atoms with Gasteiger partial charge in [-0.25, -0.2) is 4.79 Å². The Hall–Kier alpha value is -3.18. The molecule has 1 fully saturated rings. The van der Waals surface area contributed by atoms with E-state index in [2.05, 4.69) is 75.9 Å². The van der Waals surface area contributed by atoms with E-state index in [-0.39, 0.29) is 12.1 Å². The lowest BCUT2D eigenvalue weighted by Crippen LogP contribution is -2.52. The first-order valence-electron chi connectivity index (χ1n) is 10.1. The SMILES string of the molecule is O=C(NCc1ccncc1)N1CCN(C(c2ccccc2)c2ccccc2)CC1. The molecule has 1 aliphatic heterocycles. The van der Waals surface area contributed by atoms with Gasteiger partial charge in [0.15, 0.2) is 0 Å². The van der Waals surface area contributed by atoms with Gasteiger partial charge in [-0.1, -0.05) is 60.7 Å². The molecule has 1 aromatic heterocycles. The second kappa shape index (κ2) is 9.34. The van der Waals surface area contributed by atoms with Crippen LogP contribution in [0, 0.1) is 0 Å². The van der Waals surface area contributed by atoms with E-state index in [9.17, 15) is 4.79 Å². The van der Waals surface area contributed by atoms with Gasteiger partial charge in [-0.15, -0.1) is 0 Å². The van der Waals surface area contributed by atoms with E-state index < -0.39 is 0 Å². The minimum absolute atomic E-state index is 0.00238. The standard InChI is InChI=1S/C24H26N4O/c29-24(26-19-20-11-13-25-14-12-20)28-17-15-27(16-18-28)23(21-7-3-1-4-8-21)22-9-5-2-6-10-22/h1-14,23H,15-19H2,(H,26,29). The highest BCUT2D eigenvalue weighted by molar-refractivity contribution is 5.74. The Labute approximate surface area is 172 Å². The molecule has 29 heavy (non-hydrogen) atoms. The molecule has 2 aromatic carbocycles. The number of aromatic nitrogens is 1. The molecule has 1 saturated heterocycles. The molecule has 3 aromatic rings. The third-order valence-electron chi connectivity index (χ3n) is 5.39. The lowest BCUT2D eigenvalue weighted by Gasteiger charge is -2.39. The average Bonchev–Trinajstić information content (AvgIpc) is 2.80. The Bertz CT molecular complexity index is 854. The van der Waals surface area contributed by atoms with Gasteiger partial charge in [0, 0.05) is 45.1 Å². The third-order valence-corrected chi connectivity index (χ3v) is 5.39. The van der Waals surface area contributed by atoms with E-state index in [1.54, 1.807) is 12.4 Å². The van der Waals surface area contributed by atoms with Crippen LogP contribution in [0.25, 0.3) is 0 Å². The van der Waals surface area contributed by atoms with Crippen LogP contribution in [0.5, 0.6) is 0 Å². The molecule has 5 heteroatoms. The molecule has 0 saturated carbocycles. The quantitative estimate of drug-likeness (QED) is 0.727. The molecule has 0 spiro atoms. The molecule has 0 radical (unpaired) electrons. The molecule has 148 valence electrons. The van der Waals surface area contributed by atoms with Gasteiger partial charge < -0.3 is 10.2 Å². The van der Waals surface area contributed by atoms with E-state index >= 15 is 0 Å². The molecule has 5 nitrogen and oxygen atoms in total. The molecule has 0 aliphatic carbocycles. The minimum Gasteiger partial charge on any atom is -0.334 e. The molecule has 1 aliphatic rings. The first kappa shape index (κ1) is 19.2. The van der Waals surface area contributed by atoms with Crippen LogP contribution in [-0.2, 0) is 6.54 Å². The van der Waals surface area contributed by atoms with Gasteiger partial charge in [-0.2, -0.15) is 0 Å². The fraction of sp³-hybridized carbons (Fsp3) is 0.250. The van der Waals surface area contributed by atoms with Crippen molar-refractivity contribution < 1.29 is 4.79 Å². The number of pyridine rings is 1. The highest BCUT2D eigenvalue weighted by Crippen LogP contribution is 2.29. The predicted molar refractivity (Wildman–Crippen MR) is 114 cm³/mol. The second-order valence-corrected chi connectivity index (χ2v) is 7.26. The van der Waals surface area contributed by atoms with E-state index in [1.165, 1.54) is 11.1 Å². The summed E-state index contributed by atoms with van der Waals surface area (Å²) >= 11 is 0. The number of piperazine rings is 1. The van der Waals surface area contributed by atoms with Crippen molar-refractivity contribution in [3.63, 3.8) is 0 Å². The maximum absolute atomic E-state index is 12.6. The van der Waals surface area contributed by atoms with Gasteiger partial charge in [0.1, 0.15) is 0 Å². The van der Waals surface area contributed by atoms with Gasteiger partial charge >= 0.3 is 6.03 Å². The van der Waals surface area contributed by atoms with Crippen LogP contribution in [0.2, 0.25) is 0 Å². The minimum atomic E-state index is -0.00238. The van der Waals surface area contributed by atoms with Crippen molar-refractivity contribution in [2.75, 3.05) is 26.2 Å². The molecule has 2 amide bonds. The van der Waals surface area contributed by atoms with Crippen molar-refractivity contribution in [3.05, 3.63) is 102 Å². The number of amides is 2. The molecule has 4 rings (SSSR count). The monoisotopic (exact) mass is 386 g/mol. The molecular weight excluding hydrogens is 360 g/mol. The van der Waals surface area contributed by atoms with Gasteiger partial charge in [0.2, 0.25) is 0 Å². The van der Waals surface area contributed by atoms with Crippen molar-refractivity contribution >= 4 is 6.03 Å². The summed E-state index contributed by atoms with van der Waals surface area (Å²) in [6, 6.07) is 25.3. The van der Waals surface area contributed by atoms with Gasteiger partial charge in [-0.05, 0) is 28.8 Å². The van der Waals surface area contributed by atoms with Crippen molar-refractivity contribution in [3.8, 4) is 0 Å². The number of hydrogen-bond acceptors (Lipinski definition) is 3. The number of rotatable bonds is 5. The summed E-state index contributed by atoms with van der Waals surface area (Å²) in [5.74, 6) is 0.